The maximum absolute atomic E-state index is 5.11. The molecule has 0 amide bonds. The predicted molar refractivity (Wildman–Crippen MR) is 80.1 cm³/mol. The van der Waals surface area contributed by atoms with Crippen molar-refractivity contribution >= 4 is 0 Å². The predicted octanol–water partition coefficient (Wildman–Crippen LogP) is 2.54. The maximum Gasteiger partial charge on any atom is 0.0589 e. The van der Waals surface area contributed by atoms with Crippen LogP contribution >= 0.6 is 0 Å². The number of methoxy groups -OCH3 is 1. The minimum Gasteiger partial charge on any atom is -0.383 e. The Morgan fingerprint density at radius 3 is 2.61 bits per heavy atom. The lowest BCUT2D eigenvalue weighted by molar-refractivity contribution is 0.153. The molecule has 0 radical (unpaired) electrons. The maximum atomic E-state index is 5.11. The molecule has 0 unspecified atom stereocenters. The van der Waals surface area contributed by atoms with Crippen molar-refractivity contribution in [1.82, 2.24) is 10.2 Å². The van der Waals surface area contributed by atoms with Crippen molar-refractivity contribution in [2.24, 2.45) is 5.92 Å². The number of hydrogen-bond acceptors (Lipinski definition) is 3. The van der Waals surface area contributed by atoms with E-state index in [2.05, 4.69) is 30.6 Å². The first-order valence-corrected chi connectivity index (χ1v) is 7.23. The van der Waals surface area contributed by atoms with Gasteiger partial charge in [-0.05, 0) is 38.4 Å². The van der Waals surface area contributed by atoms with Gasteiger partial charge in [0, 0.05) is 20.2 Å². The van der Waals surface area contributed by atoms with E-state index in [1.807, 2.05) is 6.08 Å². The summed E-state index contributed by atoms with van der Waals surface area (Å²) in [6, 6.07) is 0. The van der Waals surface area contributed by atoms with Gasteiger partial charge in [-0.1, -0.05) is 26.3 Å². The fourth-order valence-corrected chi connectivity index (χ4v) is 1.85. The van der Waals surface area contributed by atoms with Gasteiger partial charge < -0.3 is 10.1 Å². The summed E-state index contributed by atoms with van der Waals surface area (Å²) in [5, 5.41) is 3.48. The van der Waals surface area contributed by atoms with Crippen LogP contribution in [0.3, 0.4) is 0 Å². The van der Waals surface area contributed by atoms with Crippen LogP contribution in [0, 0.1) is 5.92 Å². The molecule has 0 aliphatic carbocycles. The van der Waals surface area contributed by atoms with Crippen LogP contribution < -0.4 is 5.32 Å². The summed E-state index contributed by atoms with van der Waals surface area (Å²) in [6.45, 7) is 14.5. The molecule has 0 fully saturated rings. The number of nitrogens with one attached hydrogen (secondary N) is 1. The van der Waals surface area contributed by atoms with Crippen molar-refractivity contribution in [2.75, 3.05) is 46.4 Å². The molecule has 108 valence electrons. The summed E-state index contributed by atoms with van der Waals surface area (Å²) in [7, 11) is 1.76. The van der Waals surface area contributed by atoms with Gasteiger partial charge in [0.1, 0.15) is 0 Å². The highest BCUT2D eigenvalue weighted by molar-refractivity contribution is 4.73. The number of nitrogens with zero attached hydrogens (tertiary/aromatic N) is 1. The Bertz CT molecular complexity index is 183. The topological polar surface area (TPSA) is 24.5 Å². The number of ether oxygens (including phenoxy) is 1. The standard InChI is InChI=1S/C15H32N2O/c1-5-10-17(12-13-18-4)11-8-6-7-9-16-14-15(2)3/h5,15-16H,1,6-14H2,2-4H3. The van der Waals surface area contributed by atoms with Crippen LogP contribution in [-0.2, 0) is 4.74 Å². The third-order valence-corrected chi connectivity index (χ3v) is 2.88. The molecule has 0 bridgehead atoms. The van der Waals surface area contributed by atoms with E-state index in [0.717, 1.165) is 45.2 Å². The van der Waals surface area contributed by atoms with Gasteiger partial charge >= 0.3 is 0 Å². The summed E-state index contributed by atoms with van der Waals surface area (Å²) >= 11 is 0. The molecule has 0 rings (SSSR count). The Hall–Kier alpha value is -0.380. The van der Waals surface area contributed by atoms with Gasteiger partial charge in [-0.15, -0.1) is 6.58 Å². The van der Waals surface area contributed by atoms with Crippen molar-refractivity contribution < 1.29 is 4.74 Å². The molecular weight excluding hydrogens is 224 g/mol. The average molecular weight is 256 g/mol. The highest BCUT2D eigenvalue weighted by Crippen LogP contribution is 1.99. The van der Waals surface area contributed by atoms with E-state index < -0.39 is 0 Å². The molecule has 0 saturated carbocycles. The van der Waals surface area contributed by atoms with Crippen LogP contribution in [-0.4, -0.2) is 51.3 Å². The highest BCUT2D eigenvalue weighted by atomic mass is 16.5. The fourth-order valence-electron chi connectivity index (χ4n) is 1.85. The van der Waals surface area contributed by atoms with Gasteiger partial charge in [-0.25, -0.2) is 0 Å². The highest BCUT2D eigenvalue weighted by Gasteiger charge is 2.01. The minimum absolute atomic E-state index is 0.752. The Labute approximate surface area is 114 Å². The van der Waals surface area contributed by atoms with Gasteiger partial charge in [0.25, 0.3) is 0 Å². The summed E-state index contributed by atoms with van der Waals surface area (Å²) in [4.78, 5) is 2.40. The zero-order valence-corrected chi connectivity index (χ0v) is 12.6. The van der Waals surface area contributed by atoms with E-state index in [9.17, 15) is 0 Å². The van der Waals surface area contributed by atoms with Gasteiger partial charge in [-0.2, -0.15) is 0 Å². The molecule has 18 heavy (non-hydrogen) atoms. The third-order valence-electron chi connectivity index (χ3n) is 2.88. The molecule has 0 spiro atoms. The van der Waals surface area contributed by atoms with E-state index in [1.54, 1.807) is 7.11 Å². The van der Waals surface area contributed by atoms with E-state index in [1.165, 1.54) is 19.3 Å². The second kappa shape index (κ2) is 13.1. The smallest absolute Gasteiger partial charge is 0.0589 e. The van der Waals surface area contributed by atoms with Gasteiger partial charge in [0.05, 0.1) is 6.61 Å². The van der Waals surface area contributed by atoms with Crippen molar-refractivity contribution in [3.8, 4) is 0 Å². The monoisotopic (exact) mass is 256 g/mol. The second-order valence-corrected chi connectivity index (χ2v) is 5.24. The zero-order valence-electron chi connectivity index (χ0n) is 12.6. The molecule has 3 nitrogen and oxygen atoms in total. The summed E-state index contributed by atoms with van der Waals surface area (Å²) in [5.74, 6) is 0.752. The molecule has 0 aliphatic heterocycles. The normalized spacial score (nSPS) is 11.4. The Kier molecular flexibility index (Phi) is 12.8. The van der Waals surface area contributed by atoms with E-state index in [-0.39, 0.29) is 0 Å². The van der Waals surface area contributed by atoms with Crippen LogP contribution in [0.4, 0.5) is 0 Å². The Morgan fingerprint density at radius 2 is 2.00 bits per heavy atom. The second-order valence-electron chi connectivity index (χ2n) is 5.24. The first kappa shape index (κ1) is 17.6. The third kappa shape index (κ3) is 12.1. The van der Waals surface area contributed by atoms with Crippen molar-refractivity contribution in [1.29, 1.82) is 0 Å². The van der Waals surface area contributed by atoms with E-state index in [4.69, 9.17) is 4.74 Å². The van der Waals surface area contributed by atoms with E-state index >= 15 is 0 Å². The average Bonchev–Trinajstić information content (AvgIpc) is 2.34. The van der Waals surface area contributed by atoms with Gasteiger partial charge in [0.15, 0.2) is 0 Å². The fraction of sp³-hybridized carbons (Fsp3) is 0.867. The largest absolute Gasteiger partial charge is 0.383 e. The minimum atomic E-state index is 0.752. The molecule has 1 N–H and O–H groups in total. The summed E-state index contributed by atoms with van der Waals surface area (Å²) in [5.41, 5.74) is 0. The molecule has 0 saturated heterocycles. The summed E-state index contributed by atoms with van der Waals surface area (Å²) < 4.78 is 5.11. The number of rotatable bonds is 13. The molecule has 0 aliphatic rings. The molecular formula is C15H32N2O. The lowest BCUT2D eigenvalue weighted by atomic mass is 10.2. The van der Waals surface area contributed by atoms with Crippen molar-refractivity contribution in [3.63, 3.8) is 0 Å². The van der Waals surface area contributed by atoms with Gasteiger partial charge in [0.2, 0.25) is 0 Å². The lowest BCUT2D eigenvalue weighted by Crippen LogP contribution is -2.28. The first-order chi connectivity index (χ1) is 8.70. The number of hydrogen-bond donors (Lipinski definition) is 1. The molecule has 0 aromatic rings. The Morgan fingerprint density at radius 1 is 1.22 bits per heavy atom. The van der Waals surface area contributed by atoms with Crippen molar-refractivity contribution in [3.05, 3.63) is 12.7 Å². The molecule has 3 heteroatoms. The van der Waals surface area contributed by atoms with Gasteiger partial charge in [-0.3, -0.25) is 4.90 Å². The SMILES string of the molecule is C=CCN(CCCCCNCC(C)C)CCOC. The molecule has 0 aromatic carbocycles. The van der Waals surface area contributed by atoms with Crippen LogP contribution in [0.15, 0.2) is 12.7 Å². The summed E-state index contributed by atoms with van der Waals surface area (Å²) in [6.07, 6.45) is 5.81. The van der Waals surface area contributed by atoms with Crippen LogP contribution in [0.2, 0.25) is 0 Å². The molecule has 0 aromatic heterocycles. The first-order valence-electron chi connectivity index (χ1n) is 7.23. The zero-order chi connectivity index (χ0) is 13.6. The van der Waals surface area contributed by atoms with Crippen LogP contribution in [0.25, 0.3) is 0 Å². The van der Waals surface area contributed by atoms with Crippen molar-refractivity contribution in [2.45, 2.75) is 33.1 Å². The molecule has 0 heterocycles. The van der Waals surface area contributed by atoms with Crippen LogP contribution in [0.5, 0.6) is 0 Å². The lowest BCUT2D eigenvalue weighted by Gasteiger charge is -2.20. The Balaban J connectivity index is 3.39. The number of unbranched alkanes of at least 4 members (excludes halogenated alkanes) is 2. The molecule has 0 atom stereocenters. The van der Waals surface area contributed by atoms with Crippen LogP contribution in [0.1, 0.15) is 33.1 Å². The quantitative estimate of drug-likeness (QED) is 0.405. The van der Waals surface area contributed by atoms with E-state index in [0.29, 0.717) is 0 Å².